The molecule has 1 saturated carbocycles. The van der Waals surface area contributed by atoms with Gasteiger partial charge in [-0.05, 0) is 37.5 Å². The van der Waals surface area contributed by atoms with Crippen LogP contribution in [-0.2, 0) is 0 Å². The van der Waals surface area contributed by atoms with Crippen molar-refractivity contribution in [3.8, 4) is 6.07 Å². The van der Waals surface area contributed by atoms with Crippen molar-refractivity contribution in [1.29, 1.82) is 5.26 Å². The number of fused-ring (bicyclic) bond motifs is 1. The van der Waals surface area contributed by atoms with Gasteiger partial charge in [0.25, 0.3) is 0 Å². The fourth-order valence-electron chi connectivity index (χ4n) is 3.01. The van der Waals surface area contributed by atoms with E-state index in [1.165, 1.54) is 31.4 Å². The van der Waals surface area contributed by atoms with Gasteiger partial charge in [0, 0.05) is 24.6 Å². The third-order valence-electron chi connectivity index (χ3n) is 3.60. The first kappa shape index (κ1) is 9.71. The Hall–Kier alpha value is -0.840. The highest BCUT2D eigenvalue weighted by atomic mass is 14.8. The summed E-state index contributed by atoms with van der Waals surface area (Å²) in [7, 11) is 0. The quantitative estimate of drug-likeness (QED) is 0.626. The monoisotopic (exact) mass is 190 g/mol. The van der Waals surface area contributed by atoms with Gasteiger partial charge in [0.1, 0.15) is 0 Å². The Labute approximate surface area is 86.0 Å². The molecule has 76 valence electrons. The molecule has 14 heavy (non-hydrogen) atoms. The molecule has 1 aliphatic heterocycles. The molecule has 2 nitrogen and oxygen atoms in total. The van der Waals surface area contributed by atoms with E-state index in [2.05, 4.69) is 18.0 Å². The number of hydrogen-bond acceptors (Lipinski definition) is 2. The summed E-state index contributed by atoms with van der Waals surface area (Å²) in [4.78, 5) is 4.64. The van der Waals surface area contributed by atoms with E-state index in [-0.39, 0.29) is 0 Å². The maximum atomic E-state index is 8.81. The van der Waals surface area contributed by atoms with Gasteiger partial charge in [-0.15, -0.1) is 0 Å². The molecule has 0 radical (unpaired) electrons. The Morgan fingerprint density at radius 1 is 1.57 bits per heavy atom. The Morgan fingerprint density at radius 3 is 3.21 bits per heavy atom. The maximum Gasteiger partial charge on any atom is 0.0624 e. The van der Waals surface area contributed by atoms with E-state index in [0.29, 0.717) is 11.8 Å². The second-order valence-corrected chi connectivity index (χ2v) is 4.79. The zero-order valence-electron chi connectivity index (χ0n) is 8.87. The smallest absolute Gasteiger partial charge is 0.0624 e. The molecule has 0 saturated heterocycles. The molecule has 0 aromatic carbocycles. The third kappa shape index (κ3) is 1.82. The average Bonchev–Trinajstić information content (AvgIpc) is 2.18. The maximum absolute atomic E-state index is 8.81. The molecule has 0 aromatic rings. The SMILES string of the molecule is C[C@H]1CC2=NCCC[C@@H]2[C@H](CC#N)C1. The van der Waals surface area contributed by atoms with Gasteiger partial charge in [0.15, 0.2) is 0 Å². The van der Waals surface area contributed by atoms with Crippen molar-refractivity contribution in [1.82, 2.24) is 0 Å². The normalized spacial score (nSPS) is 36.9. The number of aliphatic imine (C=N–C) groups is 1. The number of nitrogens with zero attached hydrogens (tertiary/aromatic N) is 2. The zero-order valence-corrected chi connectivity index (χ0v) is 8.87. The van der Waals surface area contributed by atoms with Crippen molar-refractivity contribution in [2.45, 2.75) is 39.0 Å². The zero-order chi connectivity index (χ0) is 9.97. The molecule has 0 bridgehead atoms. The molecule has 0 aromatic heterocycles. The Kier molecular flexibility index (Phi) is 2.86. The molecule has 0 amide bonds. The minimum atomic E-state index is 0.600. The summed E-state index contributed by atoms with van der Waals surface area (Å²) in [5.74, 6) is 1.99. The number of hydrogen-bond donors (Lipinski definition) is 0. The standard InChI is InChI=1S/C12H18N2/c1-9-7-10(4-5-13)11-3-2-6-14-12(11)8-9/h9-11H,2-4,6-8H2,1H3/t9-,10-,11-/m1/s1. The Morgan fingerprint density at radius 2 is 2.43 bits per heavy atom. The fourth-order valence-corrected chi connectivity index (χ4v) is 3.01. The van der Waals surface area contributed by atoms with Gasteiger partial charge in [-0.3, -0.25) is 4.99 Å². The lowest BCUT2D eigenvalue weighted by atomic mass is 9.69. The largest absolute Gasteiger partial charge is 0.294 e. The second kappa shape index (κ2) is 4.13. The van der Waals surface area contributed by atoms with E-state index < -0.39 is 0 Å². The van der Waals surface area contributed by atoms with Gasteiger partial charge < -0.3 is 0 Å². The summed E-state index contributed by atoms with van der Waals surface area (Å²) < 4.78 is 0. The van der Waals surface area contributed by atoms with Gasteiger partial charge in [-0.2, -0.15) is 5.26 Å². The van der Waals surface area contributed by atoms with Crippen molar-refractivity contribution >= 4 is 5.71 Å². The van der Waals surface area contributed by atoms with Crippen LogP contribution in [0.25, 0.3) is 0 Å². The van der Waals surface area contributed by atoms with E-state index in [4.69, 9.17) is 5.26 Å². The second-order valence-electron chi connectivity index (χ2n) is 4.79. The van der Waals surface area contributed by atoms with Crippen LogP contribution in [0.3, 0.4) is 0 Å². The molecule has 2 aliphatic rings. The van der Waals surface area contributed by atoms with Crippen LogP contribution in [0.2, 0.25) is 0 Å². The lowest BCUT2D eigenvalue weighted by Crippen LogP contribution is -2.34. The first-order valence-electron chi connectivity index (χ1n) is 5.71. The molecular weight excluding hydrogens is 172 g/mol. The number of nitriles is 1. The van der Waals surface area contributed by atoms with Crippen molar-refractivity contribution in [2.24, 2.45) is 22.7 Å². The lowest BCUT2D eigenvalue weighted by Gasteiger charge is -2.37. The molecule has 2 heteroatoms. The molecule has 0 spiro atoms. The summed E-state index contributed by atoms with van der Waals surface area (Å²) in [6.07, 6.45) is 5.65. The summed E-state index contributed by atoms with van der Waals surface area (Å²) in [5.41, 5.74) is 1.43. The highest BCUT2D eigenvalue weighted by molar-refractivity contribution is 5.88. The molecule has 1 fully saturated rings. The van der Waals surface area contributed by atoms with Crippen LogP contribution < -0.4 is 0 Å². The number of rotatable bonds is 1. The van der Waals surface area contributed by atoms with Gasteiger partial charge >= 0.3 is 0 Å². The van der Waals surface area contributed by atoms with Crippen LogP contribution in [0.4, 0.5) is 0 Å². The van der Waals surface area contributed by atoms with Crippen LogP contribution in [0.5, 0.6) is 0 Å². The summed E-state index contributed by atoms with van der Waals surface area (Å²) in [6.45, 7) is 3.32. The van der Waals surface area contributed by atoms with Crippen LogP contribution >= 0.6 is 0 Å². The Bertz CT molecular complexity index is 275. The molecule has 3 atom stereocenters. The molecule has 0 N–H and O–H groups in total. The highest BCUT2D eigenvalue weighted by Gasteiger charge is 2.33. The van der Waals surface area contributed by atoms with Gasteiger partial charge in [0.2, 0.25) is 0 Å². The molecule has 0 unspecified atom stereocenters. The Balaban J connectivity index is 2.13. The predicted molar refractivity (Wildman–Crippen MR) is 57.1 cm³/mol. The first-order chi connectivity index (χ1) is 6.81. The minimum Gasteiger partial charge on any atom is -0.294 e. The van der Waals surface area contributed by atoms with Gasteiger partial charge in [-0.1, -0.05) is 6.92 Å². The van der Waals surface area contributed by atoms with Crippen LogP contribution in [-0.4, -0.2) is 12.3 Å². The highest BCUT2D eigenvalue weighted by Crippen LogP contribution is 2.38. The minimum absolute atomic E-state index is 0.600. The van der Waals surface area contributed by atoms with Gasteiger partial charge in [-0.25, -0.2) is 0 Å². The van der Waals surface area contributed by atoms with Gasteiger partial charge in [0.05, 0.1) is 6.07 Å². The van der Waals surface area contributed by atoms with Crippen molar-refractivity contribution in [2.75, 3.05) is 6.54 Å². The van der Waals surface area contributed by atoms with Crippen LogP contribution in [0.1, 0.15) is 39.0 Å². The van der Waals surface area contributed by atoms with E-state index in [1.807, 2.05) is 0 Å². The molecular formula is C12H18N2. The van der Waals surface area contributed by atoms with E-state index in [1.54, 1.807) is 0 Å². The third-order valence-corrected chi connectivity index (χ3v) is 3.60. The van der Waals surface area contributed by atoms with E-state index in [0.717, 1.165) is 18.9 Å². The topological polar surface area (TPSA) is 36.1 Å². The first-order valence-corrected chi connectivity index (χ1v) is 5.71. The van der Waals surface area contributed by atoms with Crippen molar-refractivity contribution < 1.29 is 0 Å². The molecule has 1 heterocycles. The summed E-state index contributed by atoms with van der Waals surface area (Å²) >= 11 is 0. The van der Waals surface area contributed by atoms with Crippen molar-refractivity contribution in [3.63, 3.8) is 0 Å². The van der Waals surface area contributed by atoms with Crippen molar-refractivity contribution in [3.05, 3.63) is 0 Å². The van der Waals surface area contributed by atoms with E-state index in [9.17, 15) is 0 Å². The van der Waals surface area contributed by atoms with Crippen LogP contribution in [0.15, 0.2) is 4.99 Å². The predicted octanol–water partition coefficient (Wildman–Crippen LogP) is 2.80. The van der Waals surface area contributed by atoms with E-state index >= 15 is 0 Å². The summed E-state index contributed by atoms with van der Waals surface area (Å²) in [6, 6.07) is 2.34. The lowest BCUT2D eigenvalue weighted by molar-refractivity contribution is 0.279. The molecule has 1 aliphatic carbocycles. The average molecular weight is 190 g/mol. The molecule has 2 rings (SSSR count). The fraction of sp³-hybridized carbons (Fsp3) is 0.833. The van der Waals surface area contributed by atoms with Crippen LogP contribution in [0, 0.1) is 29.1 Å². The summed E-state index contributed by atoms with van der Waals surface area (Å²) in [5, 5.41) is 8.81.